The molecule has 0 N–H and O–H groups in total. The monoisotopic (exact) mass is 359 g/mol. The Labute approximate surface area is 153 Å². The molecule has 0 atom stereocenters. The zero-order valence-corrected chi connectivity index (χ0v) is 14.4. The van der Waals surface area contributed by atoms with Gasteiger partial charge in [0.1, 0.15) is 18.0 Å². The average Bonchev–Trinajstić information content (AvgIpc) is 3.24. The molecule has 2 aromatic heterocycles. The summed E-state index contributed by atoms with van der Waals surface area (Å²) in [6, 6.07) is 13.8. The molecule has 132 valence electrons. The second kappa shape index (κ2) is 5.70. The van der Waals surface area contributed by atoms with Crippen LogP contribution in [0.2, 0.25) is 0 Å². The van der Waals surface area contributed by atoms with Gasteiger partial charge in [0, 0.05) is 18.2 Å². The molecule has 3 heterocycles. The van der Waals surface area contributed by atoms with Crippen LogP contribution in [-0.2, 0) is 11.2 Å². The van der Waals surface area contributed by atoms with Crippen molar-refractivity contribution in [3.8, 4) is 17.2 Å². The van der Waals surface area contributed by atoms with Crippen LogP contribution in [0, 0.1) is 5.82 Å². The molecule has 4 aromatic rings. The molecule has 2 aromatic carbocycles. The zero-order valence-electron chi connectivity index (χ0n) is 14.4. The van der Waals surface area contributed by atoms with Crippen molar-refractivity contribution >= 4 is 22.8 Å². The maximum Gasteiger partial charge on any atom is 0.238 e. The zero-order chi connectivity index (χ0) is 18.5. The van der Waals surface area contributed by atoms with E-state index in [9.17, 15) is 9.18 Å². The molecule has 7 heteroatoms. The van der Waals surface area contributed by atoms with Crippen molar-refractivity contribution in [1.29, 1.82) is 0 Å². The van der Waals surface area contributed by atoms with E-state index in [1.54, 1.807) is 30.1 Å². The van der Waals surface area contributed by atoms with Gasteiger partial charge in [0.15, 0.2) is 0 Å². The van der Waals surface area contributed by atoms with Crippen LogP contribution in [-0.4, -0.2) is 32.5 Å². The molecule has 0 aliphatic carbocycles. The van der Waals surface area contributed by atoms with Gasteiger partial charge in [-0.1, -0.05) is 12.1 Å². The number of carbonyl (C=O) groups is 1. The standard InChI is InChI=1S/C20H14FN5O/c1-25-17(27)10-14-18(12-6-8-13(21)9-7-12)23-20(24-19(14)25)26-11-22-15-4-2-3-5-16(15)26/h2-9,11H,10H2,1H3. The van der Waals surface area contributed by atoms with Crippen LogP contribution in [0.5, 0.6) is 0 Å². The number of likely N-dealkylation sites (N-methyl/N-ethyl adjacent to an activating group) is 1. The van der Waals surface area contributed by atoms with Crippen LogP contribution in [0.15, 0.2) is 54.9 Å². The Morgan fingerprint density at radius 3 is 2.63 bits per heavy atom. The summed E-state index contributed by atoms with van der Waals surface area (Å²) < 4.78 is 15.2. The molecule has 0 bridgehead atoms. The molecule has 1 aliphatic rings. The van der Waals surface area contributed by atoms with E-state index in [4.69, 9.17) is 4.98 Å². The number of para-hydroxylation sites is 2. The highest BCUT2D eigenvalue weighted by Gasteiger charge is 2.30. The van der Waals surface area contributed by atoms with Gasteiger partial charge in [-0.25, -0.2) is 14.4 Å². The third kappa shape index (κ3) is 2.39. The highest BCUT2D eigenvalue weighted by atomic mass is 19.1. The Balaban J connectivity index is 1.77. The van der Waals surface area contributed by atoms with E-state index in [-0.39, 0.29) is 18.1 Å². The molecule has 0 fully saturated rings. The first-order valence-corrected chi connectivity index (χ1v) is 8.48. The fourth-order valence-electron chi connectivity index (χ4n) is 3.36. The fourth-order valence-corrected chi connectivity index (χ4v) is 3.36. The Hall–Kier alpha value is -3.61. The van der Waals surface area contributed by atoms with Crippen molar-refractivity contribution in [3.05, 3.63) is 66.2 Å². The van der Waals surface area contributed by atoms with Crippen molar-refractivity contribution in [2.45, 2.75) is 6.42 Å². The Morgan fingerprint density at radius 1 is 1.04 bits per heavy atom. The van der Waals surface area contributed by atoms with E-state index in [0.717, 1.165) is 22.2 Å². The third-order valence-corrected chi connectivity index (χ3v) is 4.78. The van der Waals surface area contributed by atoms with Crippen molar-refractivity contribution in [1.82, 2.24) is 19.5 Å². The van der Waals surface area contributed by atoms with E-state index < -0.39 is 0 Å². The van der Waals surface area contributed by atoms with Gasteiger partial charge in [-0.05, 0) is 36.4 Å². The highest BCUT2D eigenvalue weighted by molar-refractivity contribution is 6.02. The normalized spacial score (nSPS) is 13.4. The summed E-state index contributed by atoms with van der Waals surface area (Å²) in [7, 11) is 1.70. The van der Waals surface area contributed by atoms with Crippen molar-refractivity contribution in [2.75, 3.05) is 11.9 Å². The lowest BCUT2D eigenvalue weighted by Crippen LogP contribution is -2.21. The number of nitrogens with zero attached hydrogens (tertiary/aromatic N) is 5. The second-order valence-electron chi connectivity index (χ2n) is 6.41. The number of anilines is 1. The van der Waals surface area contributed by atoms with E-state index in [2.05, 4.69) is 9.97 Å². The number of hydrogen-bond donors (Lipinski definition) is 0. The molecule has 1 aliphatic heterocycles. The summed E-state index contributed by atoms with van der Waals surface area (Å²) in [5.74, 6) is 0.624. The molecule has 0 unspecified atom stereocenters. The smallest absolute Gasteiger partial charge is 0.238 e. The second-order valence-corrected chi connectivity index (χ2v) is 6.41. The molecular formula is C20H14FN5O. The van der Waals surface area contributed by atoms with Crippen LogP contribution in [0.3, 0.4) is 0 Å². The number of amides is 1. The van der Waals surface area contributed by atoms with Gasteiger partial charge in [-0.2, -0.15) is 4.98 Å². The maximum atomic E-state index is 13.4. The van der Waals surface area contributed by atoms with Gasteiger partial charge in [0.05, 0.1) is 23.1 Å². The van der Waals surface area contributed by atoms with Crippen LogP contribution in [0.1, 0.15) is 5.56 Å². The molecule has 0 saturated carbocycles. The summed E-state index contributed by atoms with van der Waals surface area (Å²) >= 11 is 0. The predicted octanol–water partition coefficient (Wildman–Crippen LogP) is 3.14. The third-order valence-electron chi connectivity index (χ3n) is 4.78. The van der Waals surface area contributed by atoms with Gasteiger partial charge >= 0.3 is 0 Å². The first kappa shape index (κ1) is 15.6. The molecule has 0 saturated heterocycles. The molecule has 0 spiro atoms. The van der Waals surface area contributed by atoms with Crippen LogP contribution in [0.4, 0.5) is 10.2 Å². The van der Waals surface area contributed by atoms with Gasteiger partial charge < -0.3 is 0 Å². The summed E-state index contributed by atoms with van der Waals surface area (Å²) in [6.07, 6.45) is 1.89. The topological polar surface area (TPSA) is 63.9 Å². The van der Waals surface area contributed by atoms with E-state index in [1.165, 1.54) is 17.0 Å². The molecule has 27 heavy (non-hydrogen) atoms. The van der Waals surface area contributed by atoms with Crippen LogP contribution in [0.25, 0.3) is 28.2 Å². The van der Waals surface area contributed by atoms with Crippen molar-refractivity contribution in [3.63, 3.8) is 0 Å². The number of halogens is 1. The molecular weight excluding hydrogens is 345 g/mol. The number of aromatic nitrogens is 4. The lowest BCUT2D eigenvalue weighted by atomic mass is 10.1. The highest BCUT2D eigenvalue weighted by Crippen LogP contribution is 2.34. The van der Waals surface area contributed by atoms with Crippen molar-refractivity contribution in [2.24, 2.45) is 0 Å². The number of benzene rings is 2. The largest absolute Gasteiger partial charge is 0.299 e. The number of rotatable bonds is 2. The quantitative estimate of drug-likeness (QED) is 0.552. The first-order valence-electron chi connectivity index (χ1n) is 8.48. The number of imidazole rings is 1. The van der Waals surface area contributed by atoms with E-state index >= 15 is 0 Å². The minimum Gasteiger partial charge on any atom is -0.299 e. The van der Waals surface area contributed by atoms with Crippen molar-refractivity contribution < 1.29 is 9.18 Å². The van der Waals surface area contributed by atoms with Gasteiger partial charge in [-0.15, -0.1) is 0 Å². The van der Waals surface area contributed by atoms with Crippen LogP contribution < -0.4 is 4.90 Å². The minimum absolute atomic E-state index is 0.0460. The molecule has 1 amide bonds. The summed E-state index contributed by atoms with van der Waals surface area (Å²) in [4.78, 5) is 27.5. The van der Waals surface area contributed by atoms with Crippen LogP contribution >= 0.6 is 0 Å². The minimum atomic E-state index is -0.321. The summed E-state index contributed by atoms with van der Waals surface area (Å²) in [6.45, 7) is 0. The SMILES string of the molecule is CN1C(=O)Cc2c(-c3ccc(F)cc3)nc(-n3cnc4ccccc43)nc21. The summed E-state index contributed by atoms with van der Waals surface area (Å²) in [5, 5.41) is 0. The molecule has 5 rings (SSSR count). The number of hydrogen-bond acceptors (Lipinski definition) is 4. The Morgan fingerprint density at radius 2 is 1.81 bits per heavy atom. The predicted molar refractivity (Wildman–Crippen MR) is 99.2 cm³/mol. The van der Waals surface area contributed by atoms with Gasteiger partial charge in [0.2, 0.25) is 11.9 Å². The fraction of sp³-hybridized carbons (Fsp3) is 0.100. The molecule has 6 nitrogen and oxygen atoms in total. The number of fused-ring (bicyclic) bond motifs is 2. The molecule has 0 radical (unpaired) electrons. The van der Waals surface area contributed by atoms with Gasteiger partial charge in [0.25, 0.3) is 0 Å². The van der Waals surface area contributed by atoms with E-state index in [0.29, 0.717) is 17.5 Å². The van der Waals surface area contributed by atoms with Gasteiger partial charge in [-0.3, -0.25) is 14.3 Å². The van der Waals surface area contributed by atoms with E-state index in [1.807, 2.05) is 24.3 Å². The summed E-state index contributed by atoms with van der Waals surface area (Å²) in [5.41, 5.74) is 3.82. The Kier molecular flexibility index (Phi) is 3.30. The lowest BCUT2D eigenvalue weighted by Gasteiger charge is -2.13. The lowest BCUT2D eigenvalue weighted by molar-refractivity contribution is -0.117. The average molecular weight is 359 g/mol. The maximum absolute atomic E-state index is 13.4. The number of carbonyl (C=O) groups excluding carboxylic acids is 1. The Bertz CT molecular complexity index is 1200. The first-order chi connectivity index (χ1) is 13.1.